The molecule has 0 spiro atoms. The van der Waals surface area contributed by atoms with Crippen LogP contribution in [0, 0.1) is 0 Å². The molecule has 0 aliphatic heterocycles. The smallest absolute Gasteiger partial charge is 0.271 e. The topological polar surface area (TPSA) is 85.3 Å². The molecule has 0 bridgehead atoms. The molecular weight excluding hydrogens is 332 g/mol. The molecule has 3 N–H and O–H groups in total. The van der Waals surface area contributed by atoms with Crippen molar-refractivity contribution >= 4 is 26.0 Å². The highest BCUT2D eigenvalue weighted by Gasteiger charge is 2.12. The molecule has 1 aromatic carbocycles. The van der Waals surface area contributed by atoms with Crippen molar-refractivity contribution in [2.24, 2.45) is 5.14 Å². The maximum atomic E-state index is 11.0. The molecule has 102 valence electrons. The van der Waals surface area contributed by atoms with E-state index in [0.717, 1.165) is 10.0 Å². The highest BCUT2D eigenvalue weighted by molar-refractivity contribution is 9.10. The van der Waals surface area contributed by atoms with Crippen LogP contribution in [0.1, 0.15) is 11.3 Å². The minimum atomic E-state index is -3.77. The first kappa shape index (κ1) is 14.3. The number of furan rings is 1. The molecule has 19 heavy (non-hydrogen) atoms. The second-order valence-electron chi connectivity index (χ2n) is 3.96. The van der Waals surface area contributed by atoms with Crippen LogP contribution in [0.3, 0.4) is 0 Å². The van der Waals surface area contributed by atoms with E-state index in [1.807, 2.05) is 24.3 Å². The number of benzene rings is 1. The van der Waals surface area contributed by atoms with Crippen molar-refractivity contribution in [1.29, 1.82) is 0 Å². The molecule has 5 nitrogen and oxygen atoms in total. The average Bonchev–Trinajstić information content (AvgIpc) is 2.80. The predicted molar refractivity (Wildman–Crippen MR) is 74.8 cm³/mol. The molecule has 0 fully saturated rings. The highest BCUT2D eigenvalue weighted by atomic mass is 79.9. The van der Waals surface area contributed by atoms with Crippen LogP contribution in [-0.2, 0) is 23.1 Å². The third kappa shape index (κ3) is 3.90. The molecule has 7 heteroatoms. The van der Waals surface area contributed by atoms with Crippen molar-refractivity contribution in [2.45, 2.75) is 18.2 Å². The van der Waals surface area contributed by atoms with Gasteiger partial charge >= 0.3 is 0 Å². The normalized spacial score (nSPS) is 11.7. The van der Waals surface area contributed by atoms with Gasteiger partial charge in [0.1, 0.15) is 5.76 Å². The van der Waals surface area contributed by atoms with Crippen LogP contribution in [0.5, 0.6) is 0 Å². The van der Waals surface area contributed by atoms with Gasteiger partial charge in [-0.05, 0) is 23.8 Å². The van der Waals surface area contributed by atoms with E-state index in [1.54, 1.807) is 6.07 Å². The third-order valence-electron chi connectivity index (χ3n) is 2.49. The predicted octanol–water partition coefficient (Wildman–Crippen LogP) is 1.98. The van der Waals surface area contributed by atoms with E-state index in [4.69, 9.17) is 9.56 Å². The summed E-state index contributed by atoms with van der Waals surface area (Å²) in [5.41, 5.74) is 1.11. The zero-order valence-corrected chi connectivity index (χ0v) is 12.4. The maximum Gasteiger partial charge on any atom is 0.271 e. The Kier molecular flexibility index (Phi) is 4.41. The summed E-state index contributed by atoms with van der Waals surface area (Å²) in [5, 5.41) is 7.91. The summed E-state index contributed by atoms with van der Waals surface area (Å²) in [7, 11) is -3.77. The average molecular weight is 345 g/mol. The van der Waals surface area contributed by atoms with Crippen LogP contribution >= 0.6 is 15.9 Å². The van der Waals surface area contributed by atoms with Gasteiger partial charge in [-0.1, -0.05) is 34.1 Å². The lowest BCUT2D eigenvalue weighted by atomic mass is 10.2. The number of nitrogens with one attached hydrogen (secondary N) is 1. The number of primary sulfonamides is 1. The largest absolute Gasteiger partial charge is 0.447 e. The molecule has 1 aromatic heterocycles. The summed E-state index contributed by atoms with van der Waals surface area (Å²) in [6, 6.07) is 10.8. The molecule has 1 heterocycles. The zero-order chi connectivity index (χ0) is 13.9. The van der Waals surface area contributed by atoms with Gasteiger partial charge < -0.3 is 9.73 Å². The summed E-state index contributed by atoms with van der Waals surface area (Å²) in [5.74, 6) is 0.524. The lowest BCUT2D eigenvalue weighted by Gasteiger charge is -2.05. The minimum absolute atomic E-state index is 0.217. The van der Waals surface area contributed by atoms with Gasteiger partial charge in [0.15, 0.2) is 0 Å². The van der Waals surface area contributed by atoms with Gasteiger partial charge in [-0.25, -0.2) is 13.6 Å². The number of sulfonamides is 1. The van der Waals surface area contributed by atoms with Gasteiger partial charge in [-0.3, -0.25) is 0 Å². The molecule has 0 radical (unpaired) electrons. The molecule has 0 atom stereocenters. The molecule has 0 amide bonds. The molecule has 0 aliphatic carbocycles. The van der Waals surface area contributed by atoms with Crippen LogP contribution < -0.4 is 10.5 Å². The van der Waals surface area contributed by atoms with E-state index in [2.05, 4.69) is 21.2 Å². The lowest BCUT2D eigenvalue weighted by molar-refractivity contribution is 0.402. The number of halogens is 1. The van der Waals surface area contributed by atoms with Gasteiger partial charge in [0.25, 0.3) is 10.0 Å². The Morgan fingerprint density at radius 2 is 1.89 bits per heavy atom. The maximum absolute atomic E-state index is 11.0. The van der Waals surface area contributed by atoms with Crippen LogP contribution in [-0.4, -0.2) is 8.42 Å². The summed E-state index contributed by atoms with van der Waals surface area (Å²) in [6.07, 6.45) is 0. The van der Waals surface area contributed by atoms with E-state index in [9.17, 15) is 8.42 Å². The van der Waals surface area contributed by atoms with Gasteiger partial charge in [-0.2, -0.15) is 0 Å². The van der Waals surface area contributed by atoms with Crippen molar-refractivity contribution in [3.05, 3.63) is 52.2 Å². The first-order chi connectivity index (χ1) is 8.97. The van der Waals surface area contributed by atoms with Crippen LogP contribution in [0.15, 0.2) is 50.4 Å². The molecule has 2 rings (SSSR count). The fourth-order valence-corrected chi connectivity index (χ4v) is 2.47. The van der Waals surface area contributed by atoms with Crippen molar-refractivity contribution < 1.29 is 12.8 Å². The van der Waals surface area contributed by atoms with Crippen molar-refractivity contribution in [3.8, 4) is 0 Å². The molecule has 0 saturated carbocycles. The van der Waals surface area contributed by atoms with Gasteiger partial charge in [0.05, 0.1) is 6.54 Å². The Morgan fingerprint density at radius 1 is 1.16 bits per heavy atom. The number of hydrogen-bond donors (Lipinski definition) is 2. The molecule has 0 aliphatic rings. The second-order valence-corrected chi connectivity index (χ2v) is 6.31. The Balaban J connectivity index is 1.93. The van der Waals surface area contributed by atoms with Crippen LogP contribution in [0.25, 0.3) is 0 Å². The van der Waals surface area contributed by atoms with Gasteiger partial charge in [0, 0.05) is 11.0 Å². The Bertz CT molecular complexity index is 667. The van der Waals surface area contributed by atoms with E-state index < -0.39 is 10.0 Å². The monoisotopic (exact) mass is 344 g/mol. The van der Waals surface area contributed by atoms with E-state index in [0.29, 0.717) is 18.8 Å². The number of rotatable bonds is 5. The number of nitrogens with two attached hydrogens (primary N) is 1. The van der Waals surface area contributed by atoms with Crippen LogP contribution in [0.4, 0.5) is 0 Å². The fraction of sp³-hybridized carbons (Fsp3) is 0.167. The van der Waals surface area contributed by atoms with Crippen LogP contribution in [0.2, 0.25) is 0 Å². The number of hydrogen-bond acceptors (Lipinski definition) is 4. The fourth-order valence-electron chi connectivity index (χ4n) is 1.57. The quantitative estimate of drug-likeness (QED) is 0.868. The Morgan fingerprint density at radius 3 is 2.53 bits per heavy atom. The van der Waals surface area contributed by atoms with Gasteiger partial charge in [-0.15, -0.1) is 0 Å². The van der Waals surface area contributed by atoms with Gasteiger partial charge in [0.2, 0.25) is 5.09 Å². The van der Waals surface area contributed by atoms with Crippen molar-refractivity contribution in [2.75, 3.05) is 0 Å². The van der Waals surface area contributed by atoms with Crippen molar-refractivity contribution in [3.63, 3.8) is 0 Å². The SMILES string of the molecule is NS(=O)(=O)c1ccc(CNCc2ccccc2Br)o1. The molecular formula is C12H13BrN2O3S. The minimum Gasteiger partial charge on any atom is -0.447 e. The van der Waals surface area contributed by atoms with E-state index >= 15 is 0 Å². The lowest BCUT2D eigenvalue weighted by Crippen LogP contribution is -2.13. The molecule has 2 aromatic rings. The summed E-state index contributed by atoms with van der Waals surface area (Å²) in [6.45, 7) is 1.07. The highest BCUT2D eigenvalue weighted by Crippen LogP contribution is 2.16. The summed E-state index contributed by atoms with van der Waals surface area (Å²) in [4.78, 5) is 0. The van der Waals surface area contributed by atoms with E-state index in [-0.39, 0.29) is 5.09 Å². The first-order valence-electron chi connectivity index (χ1n) is 5.52. The first-order valence-corrected chi connectivity index (χ1v) is 7.86. The summed E-state index contributed by atoms with van der Waals surface area (Å²) >= 11 is 3.45. The second kappa shape index (κ2) is 5.87. The third-order valence-corrected chi connectivity index (χ3v) is 4.04. The standard InChI is InChI=1S/C12H13BrN2O3S/c13-11-4-2-1-3-9(11)7-15-8-10-5-6-12(18-10)19(14,16)17/h1-6,15H,7-8H2,(H2,14,16,17). The zero-order valence-electron chi connectivity index (χ0n) is 9.97. The Labute approximate surface area is 120 Å². The van der Waals surface area contributed by atoms with Crippen molar-refractivity contribution in [1.82, 2.24) is 5.32 Å². The summed E-state index contributed by atoms with van der Waals surface area (Å²) < 4.78 is 28.2. The van der Waals surface area contributed by atoms with E-state index in [1.165, 1.54) is 6.07 Å². The Hall–Kier alpha value is -1.15. The molecule has 0 saturated heterocycles. The molecule has 0 unspecified atom stereocenters.